The van der Waals surface area contributed by atoms with Crippen LogP contribution in [0.15, 0.2) is 30.3 Å². The summed E-state index contributed by atoms with van der Waals surface area (Å²) in [6, 6.07) is 11.7. The molecule has 1 aromatic carbocycles. The molecule has 1 aromatic heterocycles. The van der Waals surface area contributed by atoms with Crippen molar-refractivity contribution in [2.45, 2.75) is 31.2 Å². The quantitative estimate of drug-likeness (QED) is 0.928. The molecule has 0 spiro atoms. The number of benzene rings is 1. The Balaban J connectivity index is 1.88. The fourth-order valence-electron chi connectivity index (χ4n) is 2.72. The second-order valence-corrected chi connectivity index (χ2v) is 5.50. The molecule has 4 nitrogen and oxygen atoms in total. The average molecular weight is 267 g/mol. The number of nitrogens with two attached hydrogens (primary N) is 1. The third kappa shape index (κ3) is 2.45. The topological polar surface area (TPSA) is 71.9 Å². The standard InChI is InChI=1S/C16H17N3O/c17-10-13-9-12-5-1-2-6-14(12)19-15(13)20-11-16(18)7-3-4-8-16/h1-2,5-6,9H,3-4,7-8,11,18H2. The molecule has 102 valence electrons. The molecule has 1 fully saturated rings. The molecule has 0 bridgehead atoms. The Morgan fingerprint density at radius 1 is 1.30 bits per heavy atom. The second-order valence-electron chi connectivity index (χ2n) is 5.50. The Bertz CT molecular complexity index is 669. The van der Waals surface area contributed by atoms with Gasteiger partial charge in [-0.2, -0.15) is 5.26 Å². The lowest BCUT2D eigenvalue weighted by atomic mass is 10.0. The monoisotopic (exact) mass is 267 g/mol. The number of ether oxygens (including phenoxy) is 1. The van der Waals surface area contributed by atoms with Gasteiger partial charge in [0.05, 0.1) is 11.1 Å². The van der Waals surface area contributed by atoms with E-state index in [1.54, 1.807) is 0 Å². The molecule has 2 N–H and O–H groups in total. The summed E-state index contributed by atoms with van der Waals surface area (Å²) in [4.78, 5) is 4.44. The van der Waals surface area contributed by atoms with E-state index in [0.717, 1.165) is 36.6 Å². The minimum atomic E-state index is -0.264. The number of aromatic nitrogens is 1. The van der Waals surface area contributed by atoms with Gasteiger partial charge in [-0.1, -0.05) is 31.0 Å². The zero-order valence-corrected chi connectivity index (χ0v) is 11.3. The van der Waals surface area contributed by atoms with Crippen LogP contribution in [0.2, 0.25) is 0 Å². The van der Waals surface area contributed by atoms with Gasteiger partial charge in [0.25, 0.3) is 0 Å². The maximum Gasteiger partial charge on any atom is 0.232 e. The Morgan fingerprint density at radius 2 is 2.05 bits per heavy atom. The zero-order chi connectivity index (χ0) is 14.0. The lowest BCUT2D eigenvalue weighted by Gasteiger charge is -2.23. The minimum Gasteiger partial charge on any atom is -0.475 e. The van der Waals surface area contributed by atoms with Crippen LogP contribution in [0.5, 0.6) is 5.88 Å². The summed E-state index contributed by atoms with van der Waals surface area (Å²) in [5.74, 6) is 0.392. The number of para-hydroxylation sites is 1. The summed E-state index contributed by atoms with van der Waals surface area (Å²) in [6.45, 7) is 0.424. The molecule has 1 aliphatic rings. The van der Waals surface area contributed by atoms with Crippen LogP contribution in [0.1, 0.15) is 31.2 Å². The highest BCUT2D eigenvalue weighted by molar-refractivity contribution is 5.80. The maximum absolute atomic E-state index is 9.23. The number of pyridine rings is 1. The van der Waals surface area contributed by atoms with Crippen molar-refractivity contribution in [1.82, 2.24) is 4.98 Å². The molecule has 1 aliphatic carbocycles. The van der Waals surface area contributed by atoms with Gasteiger partial charge in [0.15, 0.2) is 0 Å². The van der Waals surface area contributed by atoms with Gasteiger partial charge in [-0.15, -0.1) is 0 Å². The Hall–Kier alpha value is -2.12. The van der Waals surface area contributed by atoms with Crippen molar-refractivity contribution < 1.29 is 4.74 Å². The van der Waals surface area contributed by atoms with Gasteiger partial charge in [0, 0.05) is 5.39 Å². The van der Waals surface area contributed by atoms with Crippen LogP contribution in [-0.2, 0) is 0 Å². The van der Waals surface area contributed by atoms with Crippen molar-refractivity contribution in [1.29, 1.82) is 5.26 Å². The molecular weight excluding hydrogens is 250 g/mol. The molecule has 0 radical (unpaired) electrons. The first-order chi connectivity index (χ1) is 9.70. The molecule has 0 unspecified atom stereocenters. The first-order valence-corrected chi connectivity index (χ1v) is 6.92. The van der Waals surface area contributed by atoms with Crippen LogP contribution in [0.3, 0.4) is 0 Å². The predicted octanol–water partition coefficient (Wildman–Crippen LogP) is 2.76. The number of nitriles is 1. The molecule has 0 atom stereocenters. The van der Waals surface area contributed by atoms with Crippen LogP contribution in [0.4, 0.5) is 0 Å². The normalized spacial score (nSPS) is 17.0. The lowest BCUT2D eigenvalue weighted by Crippen LogP contribution is -2.42. The van der Waals surface area contributed by atoms with E-state index in [9.17, 15) is 5.26 Å². The molecular formula is C16H17N3O. The van der Waals surface area contributed by atoms with Crippen molar-refractivity contribution in [2.24, 2.45) is 5.73 Å². The molecule has 0 amide bonds. The maximum atomic E-state index is 9.23. The van der Waals surface area contributed by atoms with Crippen molar-refractivity contribution in [2.75, 3.05) is 6.61 Å². The highest BCUT2D eigenvalue weighted by atomic mass is 16.5. The van der Waals surface area contributed by atoms with Crippen LogP contribution in [-0.4, -0.2) is 17.1 Å². The van der Waals surface area contributed by atoms with Gasteiger partial charge in [-0.05, 0) is 25.0 Å². The van der Waals surface area contributed by atoms with Crippen LogP contribution >= 0.6 is 0 Å². The number of fused-ring (bicyclic) bond motifs is 1. The van der Waals surface area contributed by atoms with Gasteiger partial charge in [0.1, 0.15) is 18.2 Å². The summed E-state index contributed by atoms with van der Waals surface area (Å²) in [7, 11) is 0. The van der Waals surface area contributed by atoms with Gasteiger partial charge in [0.2, 0.25) is 5.88 Å². The van der Waals surface area contributed by atoms with Crippen molar-refractivity contribution in [3.05, 3.63) is 35.9 Å². The average Bonchev–Trinajstić information content (AvgIpc) is 2.91. The van der Waals surface area contributed by atoms with Crippen LogP contribution in [0.25, 0.3) is 10.9 Å². The SMILES string of the molecule is N#Cc1cc2ccccc2nc1OCC1(N)CCCC1. The third-order valence-corrected chi connectivity index (χ3v) is 3.91. The summed E-state index contributed by atoms with van der Waals surface area (Å²) < 4.78 is 5.76. The lowest BCUT2D eigenvalue weighted by molar-refractivity contribution is 0.213. The predicted molar refractivity (Wildman–Crippen MR) is 77.3 cm³/mol. The molecule has 20 heavy (non-hydrogen) atoms. The number of nitrogens with zero attached hydrogens (tertiary/aromatic N) is 2. The third-order valence-electron chi connectivity index (χ3n) is 3.91. The number of hydrogen-bond acceptors (Lipinski definition) is 4. The summed E-state index contributed by atoms with van der Waals surface area (Å²) in [5, 5.41) is 10.2. The van der Waals surface area contributed by atoms with E-state index < -0.39 is 0 Å². The van der Waals surface area contributed by atoms with Crippen molar-refractivity contribution in [3.8, 4) is 11.9 Å². The first-order valence-electron chi connectivity index (χ1n) is 6.92. The Morgan fingerprint density at radius 3 is 2.80 bits per heavy atom. The summed E-state index contributed by atoms with van der Waals surface area (Å²) in [6.07, 6.45) is 4.25. The summed E-state index contributed by atoms with van der Waals surface area (Å²) >= 11 is 0. The van der Waals surface area contributed by atoms with Crippen LogP contribution in [0, 0.1) is 11.3 Å². The number of rotatable bonds is 3. The fourth-order valence-corrected chi connectivity index (χ4v) is 2.72. The van der Waals surface area contributed by atoms with E-state index >= 15 is 0 Å². The molecule has 0 aliphatic heterocycles. The van der Waals surface area contributed by atoms with Crippen LogP contribution < -0.4 is 10.5 Å². The van der Waals surface area contributed by atoms with Gasteiger partial charge >= 0.3 is 0 Å². The van der Waals surface area contributed by atoms with Gasteiger partial charge in [-0.25, -0.2) is 4.98 Å². The molecule has 4 heteroatoms. The zero-order valence-electron chi connectivity index (χ0n) is 11.3. The highest BCUT2D eigenvalue weighted by Crippen LogP contribution is 2.29. The molecule has 1 heterocycles. The van der Waals surface area contributed by atoms with E-state index in [0.29, 0.717) is 18.1 Å². The Labute approximate surface area is 118 Å². The van der Waals surface area contributed by atoms with E-state index in [1.165, 1.54) is 0 Å². The van der Waals surface area contributed by atoms with E-state index in [2.05, 4.69) is 11.1 Å². The van der Waals surface area contributed by atoms with Crippen molar-refractivity contribution in [3.63, 3.8) is 0 Å². The van der Waals surface area contributed by atoms with Crippen molar-refractivity contribution >= 4 is 10.9 Å². The first kappa shape index (κ1) is 12.9. The van der Waals surface area contributed by atoms with E-state index in [1.807, 2.05) is 30.3 Å². The molecule has 0 saturated heterocycles. The molecule has 2 aromatic rings. The molecule has 1 saturated carbocycles. The fraction of sp³-hybridized carbons (Fsp3) is 0.375. The highest BCUT2D eigenvalue weighted by Gasteiger charge is 2.30. The van der Waals surface area contributed by atoms with E-state index in [4.69, 9.17) is 10.5 Å². The van der Waals surface area contributed by atoms with E-state index in [-0.39, 0.29) is 5.54 Å². The Kier molecular flexibility index (Phi) is 3.29. The number of hydrogen-bond donors (Lipinski definition) is 1. The smallest absolute Gasteiger partial charge is 0.232 e. The second kappa shape index (κ2) is 5.10. The molecule has 3 rings (SSSR count). The van der Waals surface area contributed by atoms with Gasteiger partial charge in [-0.3, -0.25) is 0 Å². The minimum absolute atomic E-state index is 0.264. The summed E-state index contributed by atoms with van der Waals surface area (Å²) in [5.41, 5.74) is 7.31. The largest absolute Gasteiger partial charge is 0.475 e. The van der Waals surface area contributed by atoms with Gasteiger partial charge < -0.3 is 10.5 Å².